The molecule has 1 atom stereocenters. The molecule has 1 heterocycles. The highest BCUT2D eigenvalue weighted by Crippen LogP contribution is 2.53. The molecule has 0 aliphatic heterocycles. The van der Waals surface area contributed by atoms with E-state index in [1.165, 1.54) is 24.5 Å². The smallest absolute Gasteiger partial charge is 0.459 e. The number of ether oxygens (including phenoxy) is 1. The van der Waals surface area contributed by atoms with Gasteiger partial charge in [0.2, 0.25) is 0 Å². The van der Waals surface area contributed by atoms with Crippen molar-refractivity contribution < 1.29 is 53.8 Å². The van der Waals surface area contributed by atoms with Crippen molar-refractivity contribution in [3.63, 3.8) is 0 Å². The molecule has 0 radical (unpaired) electrons. The maximum Gasteiger partial charge on any atom is 0.460 e. The summed E-state index contributed by atoms with van der Waals surface area (Å²) in [5, 5.41) is 1.59. The molecule has 2 rings (SSSR count). The summed E-state index contributed by atoms with van der Waals surface area (Å²) >= 11 is 0.389. The van der Waals surface area contributed by atoms with E-state index in [-0.39, 0.29) is 11.5 Å². The molecule has 1 N–H and O–H groups in total. The van der Waals surface area contributed by atoms with Crippen LogP contribution in [0.5, 0.6) is 0 Å². The number of halogens is 9. The van der Waals surface area contributed by atoms with Gasteiger partial charge in [0.05, 0.1) is 6.10 Å². The number of amides is 1. The lowest BCUT2D eigenvalue weighted by molar-refractivity contribution is -0.388. The fourth-order valence-corrected chi connectivity index (χ4v) is 4.02. The third-order valence-electron chi connectivity index (χ3n) is 5.40. The van der Waals surface area contributed by atoms with Crippen molar-refractivity contribution in [3.8, 4) is 11.1 Å². The van der Waals surface area contributed by atoms with Crippen LogP contribution in [0.25, 0.3) is 11.1 Å². The monoisotopic (exact) mass is 563 g/mol. The molecule has 1 aromatic carbocycles. The Labute approximate surface area is 209 Å². The highest BCUT2D eigenvalue weighted by molar-refractivity contribution is 7.15. The van der Waals surface area contributed by atoms with E-state index in [4.69, 9.17) is 4.74 Å². The number of anilines is 1. The molecule has 0 saturated carbocycles. The Balaban J connectivity index is 2.53. The summed E-state index contributed by atoms with van der Waals surface area (Å²) in [6.45, 7) is 6.77. The van der Waals surface area contributed by atoms with E-state index in [1.807, 2.05) is 13.8 Å². The van der Waals surface area contributed by atoms with E-state index in [2.05, 4.69) is 0 Å². The minimum atomic E-state index is -7.24. The van der Waals surface area contributed by atoms with Gasteiger partial charge in [-0.05, 0) is 37.3 Å². The Kier molecular flexibility index (Phi) is 8.67. The minimum absolute atomic E-state index is 0.0253. The van der Waals surface area contributed by atoms with Gasteiger partial charge in [0.25, 0.3) is 0 Å². The zero-order chi connectivity index (χ0) is 28.6. The van der Waals surface area contributed by atoms with Crippen molar-refractivity contribution in [2.45, 2.75) is 70.1 Å². The summed E-state index contributed by atoms with van der Waals surface area (Å²) in [6.07, 6.45) is -7.02. The maximum absolute atomic E-state index is 14.1. The average molecular weight is 563 g/mol. The molecule has 4 nitrogen and oxygen atoms in total. The normalized spacial score (nSPS) is 14.0. The molecule has 14 heteroatoms. The van der Waals surface area contributed by atoms with E-state index in [9.17, 15) is 49.1 Å². The topological polar surface area (TPSA) is 55.4 Å². The van der Waals surface area contributed by atoms with Gasteiger partial charge in [-0.15, -0.1) is 11.3 Å². The van der Waals surface area contributed by atoms with E-state index in [0.29, 0.717) is 16.9 Å². The highest BCUT2D eigenvalue weighted by Gasteiger charge is 2.83. The van der Waals surface area contributed by atoms with Crippen molar-refractivity contribution in [2.75, 3.05) is 5.32 Å². The molecule has 0 fully saturated rings. The van der Waals surface area contributed by atoms with Crippen LogP contribution < -0.4 is 5.32 Å². The van der Waals surface area contributed by atoms with Crippen LogP contribution in [0, 0.1) is 0 Å². The van der Waals surface area contributed by atoms with Crippen LogP contribution in [0.3, 0.4) is 0 Å². The summed E-state index contributed by atoms with van der Waals surface area (Å²) in [6, 6.07) is 6.55. The zero-order valence-electron chi connectivity index (χ0n) is 19.8. The number of esters is 1. The second kappa shape index (κ2) is 10.5. The number of benzene rings is 1. The van der Waals surface area contributed by atoms with Crippen molar-refractivity contribution in [2.24, 2.45) is 0 Å². The summed E-state index contributed by atoms with van der Waals surface area (Å²) in [4.78, 5) is 24.7. The van der Waals surface area contributed by atoms with Gasteiger partial charge in [-0.2, -0.15) is 39.5 Å². The van der Waals surface area contributed by atoms with E-state index < -0.39 is 52.5 Å². The molecule has 1 amide bonds. The average Bonchev–Trinajstić information content (AvgIpc) is 3.20. The molecule has 1 aromatic heterocycles. The number of hydrogen-bond donors (Lipinski definition) is 1. The first-order valence-electron chi connectivity index (χ1n) is 10.7. The number of rotatable bonds is 9. The van der Waals surface area contributed by atoms with Gasteiger partial charge < -0.3 is 10.1 Å². The second-order valence-corrected chi connectivity index (χ2v) is 9.29. The zero-order valence-corrected chi connectivity index (χ0v) is 20.6. The Hall–Kier alpha value is -2.77. The first-order valence-corrected chi connectivity index (χ1v) is 11.6. The number of carbonyl (C=O) groups is 2. The lowest BCUT2D eigenvalue weighted by atomic mass is 9.95. The summed E-state index contributed by atoms with van der Waals surface area (Å²) < 4.78 is 124. The minimum Gasteiger partial charge on any atom is -0.459 e. The largest absolute Gasteiger partial charge is 0.460 e. The highest BCUT2D eigenvalue weighted by atomic mass is 32.1. The van der Waals surface area contributed by atoms with E-state index >= 15 is 0 Å². The number of thiophene rings is 1. The van der Waals surface area contributed by atoms with Crippen LogP contribution in [0.1, 0.15) is 56.0 Å². The summed E-state index contributed by atoms with van der Waals surface area (Å²) in [7, 11) is 0. The van der Waals surface area contributed by atoms with Crippen LogP contribution in [0.4, 0.5) is 44.5 Å². The first-order chi connectivity index (χ1) is 16.8. The maximum atomic E-state index is 14.1. The number of alkyl halides is 9. The molecule has 0 aliphatic carbocycles. The van der Waals surface area contributed by atoms with Gasteiger partial charge in [-0.25, -0.2) is 4.79 Å². The van der Waals surface area contributed by atoms with Gasteiger partial charge in [0.15, 0.2) is 0 Å². The quantitative estimate of drug-likeness (QED) is 0.249. The fourth-order valence-electron chi connectivity index (χ4n) is 3.06. The molecule has 2 aromatic rings. The van der Waals surface area contributed by atoms with Crippen LogP contribution >= 0.6 is 11.3 Å². The second-order valence-electron chi connectivity index (χ2n) is 8.41. The molecule has 0 aliphatic rings. The molecule has 37 heavy (non-hydrogen) atoms. The molecule has 0 bridgehead atoms. The molecule has 0 spiro atoms. The molecule has 0 saturated heterocycles. The standard InChI is InChI=1S/C23H22F9NO3S/c1-5-12(4)13-6-8-14(9-7-13)15-10-37-17(16(15)18(34)36-11(2)3)33-19(35)20(24,25)21(26,27)22(28,29)23(30,31)32/h6-12H,5H2,1-4H3,(H,33,35)/t12-/m0/s1. The van der Waals surface area contributed by atoms with Gasteiger partial charge in [0.1, 0.15) is 10.6 Å². The number of hydrogen-bond acceptors (Lipinski definition) is 4. The Morgan fingerprint density at radius 1 is 0.919 bits per heavy atom. The van der Waals surface area contributed by atoms with Crippen molar-refractivity contribution in [1.82, 2.24) is 0 Å². The van der Waals surface area contributed by atoms with Crippen molar-refractivity contribution >= 4 is 28.2 Å². The molecule has 206 valence electrons. The number of carbonyl (C=O) groups excluding carboxylic acids is 2. The van der Waals surface area contributed by atoms with Gasteiger partial charge in [0, 0.05) is 10.9 Å². The fraction of sp³-hybridized carbons (Fsp3) is 0.478. The van der Waals surface area contributed by atoms with E-state index in [1.54, 1.807) is 24.3 Å². The van der Waals surface area contributed by atoms with Crippen LogP contribution in [-0.2, 0) is 9.53 Å². The van der Waals surface area contributed by atoms with Crippen molar-refractivity contribution in [3.05, 3.63) is 40.8 Å². The van der Waals surface area contributed by atoms with Gasteiger partial charge in [-0.1, -0.05) is 38.1 Å². The Morgan fingerprint density at radius 2 is 1.46 bits per heavy atom. The van der Waals surface area contributed by atoms with Crippen molar-refractivity contribution in [1.29, 1.82) is 0 Å². The SMILES string of the molecule is CC[C@H](C)c1ccc(-c2csc(NC(=O)C(F)(F)C(F)(F)C(F)(F)C(F)(F)F)c2C(=O)OC(C)C)cc1. The summed E-state index contributed by atoms with van der Waals surface area (Å²) in [5.74, 6) is -25.1. The molecular weight excluding hydrogens is 541 g/mol. The lowest BCUT2D eigenvalue weighted by Gasteiger charge is -2.32. The number of nitrogens with one attached hydrogen (secondary N) is 1. The first kappa shape index (κ1) is 30.5. The predicted octanol–water partition coefficient (Wildman–Crippen LogP) is 7.90. The van der Waals surface area contributed by atoms with Crippen LogP contribution in [0.15, 0.2) is 29.6 Å². The van der Waals surface area contributed by atoms with Gasteiger partial charge in [-0.3, -0.25) is 4.79 Å². The third-order valence-corrected chi connectivity index (χ3v) is 6.29. The predicted molar refractivity (Wildman–Crippen MR) is 119 cm³/mol. The van der Waals surface area contributed by atoms with Gasteiger partial charge >= 0.3 is 35.8 Å². The lowest BCUT2D eigenvalue weighted by Crippen LogP contribution is -2.64. The summed E-state index contributed by atoms with van der Waals surface area (Å²) in [5.41, 5.74) is 0.719. The Bertz CT molecular complexity index is 1130. The van der Waals surface area contributed by atoms with Crippen LogP contribution in [0.2, 0.25) is 0 Å². The van der Waals surface area contributed by atoms with Crippen LogP contribution in [-0.4, -0.2) is 41.9 Å². The third kappa shape index (κ3) is 5.73. The molecule has 0 unspecified atom stereocenters. The molecular formula is C23H22F9NO3S. The van der Waals surface area contributed by atoms with E-state index in [0.717, 1.165) is 12.0 Å². The Morgan fingerprint density at radius 3 is 1.92 bits per heavy atom.